The highest BCUT2D eigenvalue weighted by molar-refractivity contribution is 7.13. The third-order valence-electron chi connectivity index (χ3n) is 5.66. The first-order chi connectivity index (χ1) is 16.2. The van der Waals surface area contributed by atoms with Crippen LogP contribution in [0.15, 0.2) is 29.6 Å². The van der Waals surface area contributed by atoms with E-state index in [-0.39, 0.29) is 36.4 Å². The molecule has 3 amide bonds. The van der Waals surface area contributed by atoms with Crippen LogP contribution in [0.1, 0.15) is 24.1 Å². The molecule has 8 nitrogen and oxygen atoms in total. The van der Waals surface area contributed by atoms with E-state index in [1.807, 2.05) is 0 Å². The van der Waals surface area contributed by atoms with Gasteiger partial charge in [0.05, 0.1) is 29.9 Å². The van der Waals surface area contributed by atoms with Crippen molar-refractivity contribution in [3.05, 3.63) is 40.9 Å². The molecular weight excluding hydrogens is 471 g/mol. The number of alkyl halides is 3. The lowest BCUT2D eigenvalue weighted by molar-refractivity contribution is -0.137. The van der Waals surface area contributed by atoms with Crippen molar-refractivity contribution in [3.63, 3.8) is 0 Å². The summed E-state index contributed by atoms with van der Waals surface area (Å²) < 4.78 is 39.3. The van der Waals surface area contributed by atoms with Crippen molar-refractivity contribution in [2.75, 3.05) is 43.4 Å². The van der Waals surface area contributed by atoms with Crippen LogP contribution in [0.25, 0.3) is 0 Å². The molecule has 0 spiro atoms. The second-order valence-electron chi connectivity index (χ2n) is 8.33. The zero-order chi connectivity index (χ0) is 24.3. The third-order valence-corrected chi connectivity index (χ3v) is 6.47. The first-order valence-corrected chi connectivity index (χ1v) is 11.8. The maximum Gasteiger partial charge on any atom is 0.418 e. The number of hydrogen-bond acceptors (Lipinski definition) is 6. The van der Waals surface area contributed by atoms with Crippen LogP contribution in [0, 0.1) is 5.92 Å². The Morgan fingerprint density at radius 1 is 1.06 bits per heavy atom. The predicted molar refractivity (Wildman–Crippen MR) is 120 cm³/mol. The predicted octanol–water partition coefficient (Wildman–Crippen LogP) is 2.84. The molecule has 12 heteroatoms. The van der Waals surface area contributed by atoms with Crippen molar-refractivity contribution in [2.24, 2.45) is 5.92 Å². The molecule has 1 aliphatic carbocycles. The van der Waals surface area contributed by atoms with Crippen LogP contribution in [0.3, 0.4) is 0 Å². The van der Waals surface area contributed by atoms with Gasteiger partial charge in [0.25, 0.3) is 0 Å². The van der Waals surface area contributed by atoms with Gasteiger partial charge in [0, 0.05) is 37.5 Å². The van der Waals surface area contributed by atoms with Crippen LogP contribution in [0.2, 0.25) is 0 Å². The molecule has 0 unspecified atom stereocenters. The second kappa shape index (κ2) is 10.1. The molecule has 0 atom stereocenters. The normalized spacial score (nSPS) is 16.9. The minimum absolute atomic E-state index is 0.0331. The van der Waals surface area contributed by atoms with Crippen LogP contribution < -0.4 is 10.6 Å². The Labute approximate surface area is 198 Å². The Kier molecular flexibility index (Phi) is 7.17. The fraction of sp³-hybridized carbons (Fsp3) is 0.455. The number of carbonyl (C=O) groups is 3. The van der Waals surface area contributed by atoms with Crippen LogP contribution in [0.5, 0.6) is 0 Å². The van der Waals surface area contributed by atoms with Crippen LogP contribution >= 0.6 is 11.3 Å². The first kappa shape index (κ1) is 24.1. The number of carbonyl (C=O) groups excluding carboxylic acids is 3. The molecule has 1 aliphatic heterocycles. The summed E-state index contributed by atoms with van der Waals surface area (Å²) in [4.78, 5) is 44.5. The Hall–Kier alpha value is -2.99. The topological polar surface area (TPSA) is 94.6 Å². The number of amides is 3. The Balaban J connectivity index is 1.22. The highest BCUT2D eigenvalue weighted by atomic mass is 32.1. The van der Waals surface area contributed by atoms with Gasteiger partial charge in [-0.15, -0.1) is 11.3 Å². The fourth-order valence-corrected chi connectivity index (χ4v) is 4.37. The maximum absolute atomic E-state index is 13.1. The number of rotatable bonds is 7. The summed E-state index contributed by atoms with van der Waals surface area (Å²) in [5.74, 6) is -0.602. The molecular formula is C22H24F3N5O3S. The number of para-hydroxylation sites is 1. The number of piperazine rings is 1. The molecule has 2 N–H and O–H groups in total. The fourth-order valence-electron chi connectivity index (χ4n) is 3.65. The smallest absolute Gasteiger partial charge is 0.340 e. The van der Waals surface area contributed by atoms with E-state index >= 15 is 0 Å². The molecule has 0 radical (unpaired) electrons. The Morgan fingerprint density at radius 3 is 2.44 bits per heavy atom. The van der Waals surface area contributed by atoms with Crippen LogP contribution in [-0.4, -0.2) is 65.2 Å². The van der Waals surface area contributed by atoms with Gasteiger partial charge >= 0.3 is 6.18 Å². The van der Waals surface area contributed by atoms with Crippen LogP contribution in [-0.2, 0) is 27.0 Å². The van der Waals surface area contributed by atoms with E-state index in [0.717, 1.165) is 18.9 Å². The highest BCUT2D eigenvalue weighted by Gasteiger charge is 2.34. The van der Waals surface area contributed by atoms with Gasteiger partial charge in [-0.25, -0.2) is 4.98 Å². The molecule has 1 aromatic heterocycles. The molecule has 2 heterocycles. The summed E-state index contributed by atoms with van der Waals surface area (Å²) in [5.41, 5.74) is -0.577. The van der Waals surface area contributed by atoms with Gasteiger partial charge in [0.1, 0.15) is 0 Å². The first-order valence-electron chi connectivity index (χ1n) is 10.9. The Morgan fingerprint density at radius 2 is 1.76 bits per heavy atom. The van der Waals surface area contributed by atoms with E-state index in [4.69, 9.17) is 0 Å². The zero-order valence-electron chi connectivity index (χ0n) is 18.2. The maximum atomic E-state index is 13.1. The van der Waals surface area contributed by atoms with Gasteiger partial charge < -0.3 is 15.5 Å². The summed E-state index contributed by atoms with van der Waals surface area (Å²) in [6.07, 6.45) is -2.64. The van der Waals surface area contributed by atoms with Gasteiger partial charge in [-0.05, 0) is 25.0 Å². The van der Waals surface area contributed by atoms with Gasteiger partial charge in [0.15, 0.2) is 5.13 Å². The molecule has 34 heavy (non-hydrogen) atoms. The van der Waals surface area contributed by atoms with E-state index < -0.39 is 17.6 Å². The van der Waals surface area contributed by atoms with E-state index in [1.54, 1.807) is 15.2 Å². The molecule has 1 saturated carbocycles. The number of halogens is 3. The number of hydrogen-bond donors (Lipinski definition) is 2. The summed E-state index contributed by atoms with van der Waals surface area (Å²) in [6.45, 7) is 1.60. The van der Waals surface area contributed by atoms with Crippen molar-refractivity contribution < 1.29 is 27.6 Å². The summed E-state index contributed by atoms with van der Waals surface area (Å²) in [6, 6.07) is 4.85. The van der Waals surface area contributed by atoms with Crippen molar-refractivity contribution in [1.82, 2.24) is 14.8 Å². The number of nitrogens with zero attached hydrogens (tertiary/aromatic N) is 3. The summed E-state index contributed by atoms with van der Waals surface area (Å²) in [7, 11) is 0. The number of benzene rings is 1. The van der Waals surface area contributed by atoms with Crippen molar-refractivity contribution in [1.29, 1.82) is 0 Å². The van der Waals surface area contributed by atoms with E-state index in [0.29, 0.717) is 37.0 Å². The molecule has 2 fully saturated rings. The molecule has 1 aromatic carbocycles. The van der Waals surface area contributed by atoms with E-state index in [9.17, 15) is 27.6 Å². The average Bonchev–Trinajstić information content (AvgIpc) is 3.55. The standard InChI is InChI=1S/C22H24F3N5O3S/c23-22(24,25)16-3-1-2-4-17(16)27-18(31)12-29-7-9-30(10-8-29)19(32)11-15-13-34-21(26-15)28-20(33)14-5-6-14/h1-4,13-14H,5-12H2,(H,27,31)(H,26,28,33). The van der Waals surface area contributed by atoms with Crippen molar-refractivity contribution >= 4 is 39.9 Å². The van der Waals surface area contributed by atoms with Crippen molar-refractivity contribution in [3.8, 4) is 0 Å². The molecule has 2 aliphatic rings. The lowest BCUT2D eigenvalue weighted by Crippen LogP contribution is -2.50. The summed E-state index contributed by atoms with van der Waals surface area (Å²) >= 11 is 1.29. The second-order valence-corrected chi connectivity index (χ2v) is 9.19. The van der Waals surface area contributed by atoms with E-state index in [1.165, 1.54) is 29.5 Å². The number of aromatic nitrogens is 1. The molecule has 1 saturated heterocycles. The molecule has 182 valence electrons. The Bertz CT molecular complexity index is 1060. The van der Waals surface area contributed by atoms with Gasteiger partial charge in [-0.2, -0.15) is 13.2 Å². The zero-order valence-corrected chi connectivity index (χ0v) is 19.0. The lowest BCUT2D eigenvalue weighted by atomic mass is 10.1. The monoisotopic (exact) mass is 495 g/mol. The minimum Gasteiger partial charge on any atom is -0.340 e. The number of anilines is 2. The van der Waals surface area contributed by atoms with Crippen molar-refractivity contribution in [2.45, 2.75) is 25.4 Å². The summed E-state index contributed by atoms with van der Waals surface area (Å²) in [5, 5.41) is 7.34. The molecule has 0 bridgehead atoms. The van der Waals surface area contributed by atoms with Gasteiger partial charge in [-0.1, -0.05) is 12.1 Å². The number of nitrogens with one attached hydrogen (secondary N) is 2. The molecule has 4 rings (SSSR count). The number of thiazole rings is 1. The van der Waals surface area contributed by atoms with Gasteiger partial charge in [-0.3, -0.25) is 19.3 Å². The average molecular weight is 496 g/mol. The lowest BCUT2D eigenvalue weighted by Gasteiger charge is -2.34. The third kappa shape index (κ3) is 6.32. The largest absolute Gasteiger partial charge is 0.418 e. The quantitative estimate of drug-likeness (QED) is 0.616. The highest BCUT2D eigenvalue weighted by Crippen LogP contribution is 2.34. The SMILES string of the molecule is O=C(CN1CCN(C(=O)Cc2csc(NC(=O)C3CC3)n2)CC1)Nc1ccccc1C(F)(F)F. The minimum atomic E-state index is -4.56. The molecule has 2 aromatic rings. The van der Waals surface area contributed by atoms with Crippen LogP contribution in [0.4, 0.5) is 24.0 Å². The van der Waals surface area contributed by atoms with Gasteiger partial charge in [0.2, 0.25) is 17.7 Å². The van der Waals surface area contributed by atoms with E-state index in [2.05, 4.69) is 15.6 Å².